The zero-order chi connectivity index (χ0) is 14.8. The van der Waals surface area contributed by atoms with Gasteiger partial charge in [0, 0.05) is 13.1 Å². The summed E-state index contributed by atoms with van der Waals surface area (Å²) >= 11 is 1.26. The van der Waals surface area contributed by atoms with Gasteiger partial charge in [-0.1, -0.05) is 23.5 Å². The molecule has 2 aromatic rings. The van der Waals surface area contributed by atoms with Crippen LogP contribution in [0.25, 0.3) is 10.2 Å². The Balaban J connectivity index is 2.48. The Morgan fingerprint density at radius 2 is 1.95 bits per heavy atom. The standard InChI is InChI=1S/C13H15N3O2S2/c1-3-7-16(8-4-2)20(17,18)10-5-6-11-12(9-10)19-13(14)15-11/h3-6,9H,1-2,7-8H2,(H2,14,15). The van der Waals surface area contributed by atoms with Crippen LogP contribution in [0.15, 0.2) is 48.4 Å². The molecule has 0 saturated carbocycles. The average molecular weight is 309 g/mol. The predicted octanol–water partition coefficient (Wildman–Crippen LogP) is 2.24. The number of benzene rings is 1. The summed E-state index contributed by atoms with van der Waals surface area (Å²) in [5.74, 6) is 0. The van der Waals surface area contributed by atoms with Crippen molar-refractivity contribution < 1.29 is 8.42 Å². The maximum absolute atomic E-state index is 12.5. The molecule has 0 aliphatic carbocycles. The van der Waals surface area contributed by atoms with Crippen LogP contribution in [0.4, 0.5) is 5.13 Å². The van der Waals surface area contributed by atoms with Crippen molar-refractivity contribution in [3.05, 3.63) is 43.5 Å². The Morgan fingerprint density at radius 1 is 1.30 bits per heavy atom. The summed E-state index contributed by atoms with van der Waals surface area (Å²) in [7, 11) is -3.58. The summed E-state index contributed by atoms with van der Waals surface area (Å²) in [5, 5.41) is 0.420. The van der Waals surface area contributed by atoms with E-state index in [0.29, 0.717) is 10.6 Å². The lowest BCUT2D eigenvalue weighted by atomic mass is 10.3. The largest absolute Gasteiger partial charge is 0.375 e. The average Bonchev–Trinajstić information content (AvgIpc) is 2.77. The number of hydrogen-bond acceptors (Lipinski definition) is 5. The van der Waals surface area contributed by atoms with Crippen LogP contribution >= 0.6 is 11.3 Å². The topological polar surface area (TPSA) is 76.3 Å². The van der Waals surface area contributed by atoms with E-state index in [1.807, 2.05) is 0 Å². The van der Waals surface area contributed by atoms with Crippen molar-refractivity contribution in [2.45, 2.75) is 4.90 Å². The molecule has 5 nitrogen and oxygen atoms in total. The van der Waals surface area contributed by atoms with Gasteiger partial charge in [0.05, 0.1) is 15.1 Å². The molecule has 20 heavy (non-hydrogen) atoms. The fourth-order valence-corrected chi connectivity index (χ4v) is 4.05. The first-order valence-electron chi connectivity index (χ1n) is 5.87. The van der Waals surface area contributed by atoms with E-state index >= 15 is 0 Å². The van der Waals surface area contributed by atoms with Crippen LogP contribution in [0.1, 0.15) is 0 Å². The second kappa shape index (κ2) is 5.74. The second-order valence-corrected chi connectivity index (χ2v) is 7.08. The summed E-state index contributed by atoms with van der Waals surface area (Å²) in [6, 6.07) is 4.79. The van der Waals surface area contributed by atoms with Gasteiger partial charge in [-0.2, -0.15) is 4.31 Å². The van der Waals surface area contributed by atoms with E-state index in [4.69, 9.17) is 5.73 Å². The van der Waals surface area contributed by atoms with E-state index in [2.05, 4.69) is 18.1 Å². The molecule has 0 radical (unpaired) electrons. The molecule has 0 bridgehead atoms. The molecular weight excluding hydrogens is 294 g/mol. The van der Waals surface area contributed by atoms with Crippen LogP contribution in [-0.4, -0.2) is 30.8 Å². The molecule has 1 heterocycles. The Bertz CT molecular complexity index is 740. The Morgan fingerprint density at radius 3 is 2.55 bits per heavy atom. The number of thiazole rings is 1. The number of nitrogens with two attached hydrogens (primary N) is 1. The van der Waals surface area contributed by atoms with Gasteiger partial charge in [-0.05, 0) is 18.2 Å². The Hall–Kier alpha value is -1.70. The van der Waals surface area contributed by atoms with Gasteiger partial charge in [-0.3, -0.25) is 0 Å². The van der Waals surface area contributed by atoms with Crippen LogP contribution in [0, 0.1) is 0 Å². The fraction of sp³-hybridized carbons (Fsp3) is 0.154. The predicted molar refractivity (Wildman–Crippen MR) is 83.2 cm³/mol. The third-order valence-electron chi connectivity index (χ3n) is 2.68. The first-order chi connectivity index (χ1) is 9.48. The lowest BCUT2D eigenvalue weighted by Crippen LogP contribution is -2.31. The molecule has 106 valence electrons. The van der Waals surface area contributed by atoms with Crippen LogP contribution in [0.3, 0.4) is 0 Å². The molecule has 0 aliphatic heterocycles. The highest BCUT2D eigenvalue weighted by Crippen LogP contribution is 2.27. The quantitative estimate of drug-likeness (QED) is 0.830. The van der Waals surface area contributed by atoms with Crippen molar-refractivity contribution in [2.24, 2.45) is 0 Å². The van der Waals surface area contributed by atoms with Crippen molar-refractivity contribution >= 4 is 36.7 Å². The van der Waals surface area contributed by atoms with Crippen molar-refractivity contribution in [3.8, 4) is 0 Å². The Kier molecular flexibility index (Phi) is 4.22. The molecule has 0 aliphatic rings. The maximum atomic E-state index is 12.5. The first-order valence-corrected chi connectivity index (χ1v) is 8.12. The number of anilines is 1. The van der Waals surface area contributed by atoms with E-state index in [-0.39, 0.29) is 18.0 Å². The highest BCUT2D eigenvalue weighted by atomic mass is 32.2. The molecule has 2 N–H and O–H groups in total. The van der Waals surface area contributed by atoms with Crippen LogP contribution in [-0.2, 0) is 10.0 Å². The van der Waals surface area contributed by atoms with E-state index in [1.54, 1.807) is 24.3 Å². The third kappa shape index (κ3) is 2.74. The number of hydrogen-bond donors (Lipinski definition) is 1. The molecular formula is C13H15N3O2S2. The van der Waals surface area contributed by atoms with Gasteiger partial charge in [-0.25, -0.2) is 13.4 Å². The SMILES string of the molecule is C=CCN(CC=C)S(=O)(=O)c1ccc2nc(N)sc2c1. The molecule has 7 heteroatoms. The van der Waals surface area contributed by atoms with E-state index in [9.17, 15) is 8.42 Å². The summed E-state index contributed by atoms with van der Waals surface area (Å²) in [5.41, 5.74) is 6.33. The summed E-state index contributed by atoms with van der Waals surface area (Å²) in [6.45, 7) is 7.62. The van der Waals surface area contributed by atoms with Gasteiger partial charge in [0.2, 0.25) is 10.0 Å². The van der Waals surface area contributed by atoms with Crippen molar-refractivity contribution in [2.75, 3.05) is 18.8 Å². The summed E-state index contributed by atoms with van der Waals surface area (Å²) in [6.07, 6.45) is 3.09. The van der Waals surface area contributed by atoms with E-state index in [0.717, 1.165) is 4.70 Å². The molecule has 0 unspecified atom stereocenters. The number of rotatable bonds is 6. The third-order valence-corrected chi connectivity index (χ3v) is 5.35. The fourth-order valence-electron chi connectivity index (χ4n) is 1.79. The lowest BCUT2D eigenvalue weighted by molar-refractivity contribution is 0.474. The molecule has 1 aromatic carbocycles. The lowest BCUT2D eigenvalue weighted by Gasteiger charge is -2.18. The minimum absolute atomic E-state index is 0.220. The molecule has 0 saturated heterocycles. The van der Waals surface area contributed by atoms with Gasteiger partial charge >= 0.3 is 0 Å². The highest BCUT2D eigenvalue weighted by Gasteiger charge is 2.23. The molecule has 0 atom stereocenters. The highest BCUT2D eigenvalue weighted by molar-refractivity contribution is 7.89. The van der Waals surface area contributed by atoms with Crippen molar-refractivity contribution in [1.82, 2.24) is 9.29 Å². The number of sulfonamides is 1. The van der Waals surface area contributed by atoms with Crippen molar-refractivity contribution in [3.63, 3.8) is 0 Å². The van der Waals surface area contributed by atoms with Crippen LogP contribution in [0.5, 0.6) is 0 Å². The van der Waals surface area contributed by atoms with Crippen molar-refractivity contribution in [1.29, 1.82) is 0 Å². The minimum Gasteiger partial charge on any atom is -0.375 e. The monoisotopic (exact) mass is 309 g/mol. The molecule has 1 aromatic heterocycles. The van der Waals surface area contributed by atoms with Gasteiger partial charge in [0.15, 0.2) is 5.13 Å². The number of aromatic nitrogens is 1. The van der Waals surface area contributed by atoms with Gasteiger partial charge in [0.1, 0.15) is 0 Å². The van der Waals surface area contributed by atoms with Gasteiger partial charge in [-0.15, -0.1) is 13.2 Å². The number of fused-ring (bicyclic) bond motifs is 1. The first kappa shape index (κ1) is 14.7. The summed E-state index contributed by atoms with van der Waals surface area (Å²) < 4.78 is 27.1. The number of nitrogen functional groups attached to an aromatic ring is 1. The zero-order valence-electron chi connectivity index (χ0n) is 10.8. The van der Waals surface area contributed by atoms with E-state index < -0.39 is 10.0 Å². The molecule has 0 amide bonds. The smallest absolute Gasteiger partial charge is 0.243 e. The Labute approximate surface area is 122 Å². The molecule has 0 fully saturated rings. The molecule has 0 spiro atoms. The van der Waals surface area contributed by atoms with Crippen LogP contribution in [0.2, 0.25) is 0 Å². The summed E-state index contributed by atoms with van der Waals surface area (Å²) in [4.78, 5) is 4.33. The normalized spacial score (nSPS) is 11.8. The second-order valence-electron chi connectivity index (χ2n) is 4.08. The van der Waals surface area contributed by atoms with E-state index in [1.165, 1.54) is 21.7 Å². The van der Waals surface area contributed by atoms with Crippen LogP contribution < -0.4 is 5.73 Å². The molecule has 2 rings (SSSR count). The van der Waals surface area contributed by atoms with Gasteiger partial charge in [0.25, 0.3) is 0 Å². The minimum atomic E-state index is -3.58. The number of nitrogens with zero attached hydrogens (tertiary/aromatic N) is 2. The van der Waals surface area contributed by atoms with Gasteiger partial charge < -0.3 is 5.73 Å². The maximum Gasteiger partial charge on any atom is 0.243 e. The zero-order valence-corrected chi connectivity index (χ0v) is 12.5.